The molecule has 1 atom stereocenters. The summed E-state index contributed by atoms with van der Waals surface area (Å²) in [6, 6.07) is 10.4. The molecule has 0 radical (unpaired) electrons. The Labute approximate surface area is 121 Å². The van der Waals surface area contributed by atoms with E-state index in [4.69, 9.17) is 0 Å². The summed E-state index contributed by atoms with van der Waals surface area (Å²) in [4.78, 5) is 4.34. The van der Waals surface area contributed by atoms with E-state index in [9.17, 15) is 5.11 Å². The van der Waals surface area contributed by atoms with Crippen LogP contribution in [0.25, 0.3) is 0 Å². The van der Waals surface area contributed by atoms with Gasteiger partial charge in [0.05, 0.1) is 6.10 Å². The molecule has 0 fully saturated rings. The molecule has 3 heteroatoms. The Bertz CT molecular complexity index is 493. The van der Waals surface area contributed by atoms with E-state index in [1.54, 1.807) is 0 Å². The number of aliphatic hydroxyl groups is 1. The zero-order chi connectivity index (χ0) is 14.2. The van der Waals surface area contributed by atoms with Crippen LogP contribution in [-0.2, 0) is 19.4 Å². The van der Waals surface area contributed by atoms with Gasteiger partial charge in [-0.2, -0.15) is 0 Å². The van der Waals surface area contributed by atoms with Crippen LogP contribution in [-0.4, -0.2) is 20.8 Å². The second-order valence-corrected chi connectivity index (χ2v) is 5.27. The van der Waals surface area contributed by atoms with Crippen LogP contribution in [0.2, 0.25) is 0 Å². The fourth-order valence-corrected chi connectivity index (χ4v) is 2.47. The van der Waals surface area contributed by atoms with Crippen molar-refractivity contribution in [1.29, 1.82) is 0 Å². The van der Waals surface area contributed by atoms with Crippen molar-refractivity contribution >= 4 is 0 Å². The number of hydrogen-bond donors (Lipinski definition) is 1. The van der Waals surface area contributed by atoms with Crippen molar-refractivity contribution < 1.29 is 5.11 Å². The molecular weight excluding hydrogens is 248 g/mol. The molecule has 0 saturated heterocycles. The Kier molecular flexibility index (Phi) is 5.81. The first-order chi connectivity index (χ1) is 9.79. The van der Waals surface area contributed by atoms with Gasteiger partial charge in [-0.15, -0.1) is 0 Å². The molecule has 1 heterocycles. The third-order valence-electron chi connectivity index (χ3n) is 3.53. The Balaban J connectivity index is 1.75. The van der Waals surface area contributed by atoms with Crippen LogP contribution in [0.15, 0.2) is 42.7 Å². The SMILES string of the molecule is CCCn1ccnc1CC(O)CCCc1ccccc1. The van der Waals surface area contributed by atoms with E-state index in [-0.39, 0.29) is 6.10 Å². The van der Waals surface area contributed by atoms with Gasteiger partial charge in [0, 0.05) is 25.4 Å². The smallest absolute Gasteiger partial charge is 0.111 e. The van der Waals surface area contributed by atoms with Crippen LogP contribution in [0.4, 0.5) is 0 Å². The Morgan fingerprint density at radius 2 is 2.05 bits per heavy atom. The molecule has 20 heavy (non-hydrogen) atoms. The molecule has 1 unspecified atom stereocenters. The van der Waals surface area contributed by atoms with Crippen LogP contribution in [0.3, 0.4) is 0 Å². The van der Waals surface area contributed by atoms with Crippen LogP contribution in [0.1, 0.15) is 37.6 Å². The summed E-state index contributed by atoms with van der Waals surface area (Å²) < 4.78 is 2.14. The fraction of sp³-hybridized carbons (Fsp3) is 0.471. The van der Waals surface area contributed by atoms with Crippen LogP contribution in [0.5, 0.6) is 0 Å². The van der Waals surface area contributed by atoms with E-state index in [0.29, 0.717) is 6.42 Å². The zero-order valence-electron chi connectivity index (χ0n) is 12.2. The standard InChI is InChI=1S/C17H24N2O/c1-2-12-19-13-11-18-17(19)14-16(20)10-6-9-15-7-4-3-5-8-15/h3-5,7-8,11,13,16,20H,2,6,9-10,12,14H2,1H3. The first-order valence-electron chi connectivity index (χ1n) is 7.51. The highest BCUT2D eigenvalue weighted by Crippen LogP contribution is 2.10. The molecule has 3 nitrogen and oxygen atoms in total. The maximum Gasteiger partial charge on any atom is 0.111 e. The van der Waals surface area contributed by atoms with Crippen molar-refractivity contribution in [2.45, 2.75) is 51.7 Å². The molecule has 0 amide bonds. The minimum absolute atomic E-state index is 0.295. The lowest BCUT2D eigenvalue weighted by Crippen LogP contribution is -2.15. The Hall–Kier alpha value is -1.61. The molecule has 2 rings (SSSR count). The summed E-state index contributed by atoms with van der Waals surface area (Å²) in [5.74, 6) is 0.999. The molecule has 1 aromatic heterocycles. The summed E-state index contributed by atoms with van der Waals surface area (Å²) in [7, 11) is 0. The lowest BCUT2D eigenvalue weighted by atomic mass is 10.0. The Morgan fingerprint density at radius 1 is 1.25 bits per heavy atom. The second kappa shape index (κ2) is 7.85. The molecule has 1 N–H and O–H groups in total. The van der Waals surface area contributed by atoms with Crippen molar-refractivity contribution in [1.82, 2.24) is 9.55 Å². The molecule has 0 aliphatic rings. The van der Waals surface area contributed by atoms with E-state index in [2.05, 4.69) is 40.7 Å². The number of aromatic nitrogens is 2. The molecule has 0 aliphatic heterocycles. The lowest BCUT2D eigenvalue weighted by molar-refractivity contribution is 0.158. The molecule has 2 aromatic rings. The van der Waals surface area contributed by atoms with Gasteiger partial charge in [0.1, 0.15) is 5.82 Å². The normalized spacial score (nSPS) is 12.5. The largest absolute Gasteiger partial charge is 0.393 e. The molecule has 0 spiro atoms. The fourth-order valence-electron chi connectivity index (χ4n) is 2.47. The highest BCUT2D eigenvalue weighted by Gasteiger charge is 2.10. The van der Waals surface area contributed by atoms with Gasteiger partial charge in [-0.3, -0.25) is 0 Å². The van der Waals surface area contributed by atoms with Crippen LogP contribution in [0, 0.1) is 0 Å². The van der Waals surface area contributed by atoms with E-state index in [1.807, 2.05) is 18.5 Å². The minimum Gasteiger partial charge on any atom is -0.393 e. The predicted octanol–water partition coefficient (Wildman–Crippen LogP) is 3.22. The topological polar surface area (TPSA) is 38.0 Å². The van der Waals surface area contributed by atoms with Crippen molar-refractivity contribution in [3.8, 4) is 0 Å². The number of aliphatic hydroxyl groups excluding tert-OH is 1. The first-order valence-corrected chi connectivity index (χ1v) is 7.51. The maximum absolute atomic E-state index is 10.1. The molecular formula is C17H24N2O. The highest BCUT2D eigenvalue weighted by atomic mass is 16.3. The molecule has 108 valence electrons. The summed E-state index contributed by atoms with van der Waals surface area (Å²) >= 11 is 0. The van der Waals surface area contributed by atoms with E-state index in [0.717, 1.165) is 38.1 Å². The van der Waals surface area contributed by atoms with Crippen molar-refractivity contribution in [2.24, 2.45) is 0 Å². The van der Waals surface area contributed by atoms with Gasteiger partial charge >= 0.3 is 0 Å². The number of aryl methyl sites for hydroxylation is 2. The third kappa shape index (κ3) is 4.49. The van der Waals surface area contributed by atoms with Gasteiger partial charge in [-0.05, 0) is 31.2 Å². The minimum atomic E-state index is -0.295. The van der Waals surface area contributed by atoms with Gasteiger partial charge in [-0.1, -0.05) is 37.3 Å². The summed E-state index contributed by atoms with van der Waals surface area (Å²) in [6.07, 6.45) is 8.14. The van der Waals surface area contributed by atoms with E-state index < -0.39 is 0 Å². The van der Waals surface area contributed by atoms with Crippen LogP contribution >= 0.6 is 0 Å². The average molecular weight is 272 g/mol. The molecule has 1 aromatic carbocycles. The van der Waals surface area contributed by atoms with Crippen LogP contribution < -0.4 is 0 Å². The summed E-state index contributed by atoms with van der Waals surface area (Å²) in [6.45, 7) is 3.13. The number of hydrogen-bond acceptors (Lipinski definition) is 2. The number of imidazole rings is 1. The van der Waals surface area contributed by atoms with E-state index >= 15 is 0 Å². The van der Waals surface area contributed by atoms with Crippen molar-refractivity contribution in [3.63, 3.8) is 0 Å². The first kappa shape index (κ1) is 14.8. The predicted molar refractivity (Wildman–Crippen MR) is 81.6 cm³/mol. The molecule has 0 bridgehead atoms. The molecule has 0 saturated carbocycles. The molecule has 0 aliphatic carbocycles. The van der Waals surface area contributed by atoms with Crippen molar-refractivity contribution in [2.75, 3.05) is 0 Å². The summed E-state index contributed by atoms with van der Waals surface area (Å²) in [5.41, 5.74) is 1.34. The second-order valence-electron chi connectivity index (χ2n) is 5.27. The van der Waals surface area contributed by atoms with E-state index in [1.165, 1.54) is 5.56 Å². The van der Waals surface area contributed by atoms with Gasteiger partial charge in [0.15, 0.2) is 0 Å². The van der Waals surface area contributed by atoms with Gasteiger partial charge in [0.2, 0.25) is 0 Å². The quantitative estimate of drug-likeness (QED) is 0.801. The zero-order valence-corrected chi connectivity index (χ0v) is 12.2. The number of nitrogens with zero attached hydrogens (tertiary/aromatic N) is 2. The summed E-state index contributed by atoms with van der Waals surface area (Å²) in [5, 5.41) is 10.1. The number of benzene rings is 1. The Morgan fingerprint density at radius 3 is 2.80 bits per heavy atom. The highest BCUT2D eigenvalue weighted by molar-refractivity contribution is 5.14. The van der Waals surface area contributed by atoms with Gasteiger partial charge in [-0.25, -0.2) is 4.98 Å². The van der Waals surface area contributed by atoms with Crippen molar-refractivity contribution in [3.05, 3.63) is 54.1 Å². The maximum atomic E-state index is 10.1. The third-order valence-corrected chi connectivity index (χ3v) is 3.53. The number of rotatable bonds is 8. The van der Waals surface area contributed by atoms with Gasteiger partial charge in [0.25, 0.3) is 0 Å². The monoisotopic (exact) mass is 272 g/mol. The lowest BCUT2D eigenvalue weighted by Gasteiger charge is -2.12. The van der Waals surface area contributed by atoms with Gasteiger partial charge < -0.3 is 9.67 Å². The average Bonchev–Trinajstić information content (AvgIpc) is 2.88.